The molecule has 4 heteroatoms. The van der Waals surface area contributed by atoms with Crippen molar-refractivity contribution in [2.45, 2.75) is 6.42 Å². The van der Waals surface area contributed by atoms with Crippen molar-refractivity contribution in [3.05, 3.63) is 29.0 Å². The Bertz CT molecular complexity index is 295. The highest BCUT2D eigenvalue weighted by atomic mass is 35.5. The third kappa shape index (κ3) is 3.36. The highest BCUT2D eigenvalue weighted by molar-refractivity contribution is 8.13. The van der Waals surface area contributed by atoms with Crippen molar-refractivity contribution in [1.29, 1.82) is 0 Å². The zero-order valence-corrected chi connectivity index (χ0v) is 9.19. The second-order valence-electron chi connectivity index (χ2n) is 2.49. The summed E-state index contributed by atoms with van der Waals surface area (Å²) in [6.07, 6.45) is 4.64. The largest absolute Gasteiger partial charge is 0.286 e. The van der Waals surface area contributed by atoms with Gasteiger partial charge in [-0.15, -0.1) is 11.8 Å². The number of hydrogen-bond donors (Lipinski definition) is 0. The Hall–Kier alpha value is -0.540. The van der Waals surface area contributed by atoms with Crippen LogP contribution in [0.5, 0.6) is 0 Å². The van der Waals surface area contributed by atoms with Crippen LogP contribution in [0.2, 0.25) is 5.15 Å². The van der Waals surface area contributed by atoms with E-state index in [0.29, 0.717) is 5.15 Å². The molecule has 0 spiro atoms. The smallest absolute Gasteiger partial charge is 0.129 e. The van der Waals surface area contributed by atoms with Crippen molar-refractivity contribution >= 4 is 28.4 Å². The molecule has 0 bridgehead atoms. The molecule has 70 valence electrons. The molecule has 0 aliphatic carbocycles. The third-order valence-electron chi connectivity index (χ3n) is 1.63. The molecule has 1 aromatic heterocycles. The monoisotopic (exact) mass is 214 g/mol. The van der Waals surface area contributed by atoms with E-state index in [1.807, 2.05) is 12.3 Å². The molecular formula is C9H11ClN2S. The van der Waals surface area contributed by atoms with E-state index in [1.165, 1.54) is 0 Å². The summed E-state index contributed by atoms with van der Waals surface area (Å²) in [7, 11) is 1.80. The molecule has 1 heterocycles. The van der Waals surface area contributed by atoms with Crippen molar-refractivity contribution in [3.63, 3.8) is 0 Å². The molecule has 13 heavy (non-hydrogen) atoms. The minimum Gasteiger partial charge on any atom is -0.286 e. The number of aromatic nitrogens is 1. The van der Waals surface area contributed by atoms with Crippen LogP contribution >= 0.6 is 23.4 Å². The fraction of sp³-hybridized carbons (Fsp3) is 0.333. The van der Waals surface area contributed by atoms with Gasteiger partial charge in [-0.2, -0.15) is 0 Å². The van der Waals surface area contributed by atoms with Crippen LogP contribution in [0.1, 0.15) is 5.56 Å². The van der Waals surface area contributed by atoms with Crippen LogP contribution in [0.4, 0.5) is 0 Å². The van der Waals surface area contributed by atoms with E-state index < -0.39 is 0 Å². The predicted octanol–water partition coefficient (Wildman–Crippen LogP) is 2.67. The maximum Gasteiger partial charge on any atom is 0.129 e. The molecular weight excluding hydrogens is 204 g/mol. The lowest BCUT2D eigenvalue weighted by molar-refractivity contribution is 1.22. The van der Waals surface area contributed by atoms with Gasteiger partial charge in [-0.3, -0.25) is 4.99 Å². The van der Waals surface area contributed by atoms with Crippen LogP contribution in [0, 0.1) is 0 Å². The van der Waals surface area contributed by atoms with Crippen molar-refractivity contribution in [2.24, 2.45) is 4.99 Å². The van der Waals surface area contributed by atoms with Gasteiger partial charge in [-0.05, 0) is 17.9 Å². The van der Waals surface area contributed by atoms with E-state index in [2.05, 4.69) is 9.98 Å². The molecule has 0 aliphatic heterocycles. The van der Waals surface area contributed by atoms with E-state index in [0.717, 1.165) is 17.0 Å². The summed E-state index contributed by atoms with van der Waals surface area (Å²) in [6.45, 7) is 0. The van der Waals surface area contributed by atoms with Crippen molar-refractivity contribution in [1.82, 2.24) is 4.98 Å². The summed E-state index contributed by atoms with van der Waals surface area (Å²) in [5, 5.41) is 1.63. The second-order valence-corrected chi connectivity index (χ2v) is 3.75. The summed E-state index contributed by atoms with van der Waals surface area (Å²) in [5.41, 5.74) is 1.14. The van der Waals surface area contributed by atoms with E-state index in [1.54, 1.807) is 31.1 Å². The van der Waals surface area contributed by atoms with Crippen LogP contribution in [0.3, 0.4) is 0 Å². The van der Waals surface area contributed by atoms with E-state index in [9.17, 15) is 0 Å². The maximum atomic E-state index is 5.67. The Labute approximate surface area is 87.4 Å². The Morgan fingerprint density at radius 1 is 1.62 bits per heavy atom. The number of hydrogen-bond acceptors (Lipinski definition) is 3. The molecule has 0 saturated carbocycles. The minimum absolute atomic E-state index is 0.530. The van der Waals surface area contributed by atoms with E-state index >= 15 is 0 Å². The number of aliphatic imine (C=N–C) groups is 1. The number of rotatable bonds is 2. The van der Waals surface area contributed by atoms with Crippen molar-refractivity contribution < 1.29 is 0 Å². The molecule has 0 aliphatic rings. The number of nitrogens with zero attached hydrogens (tertiary/aromatic N) is 2. The molecule has 2 nitrogen and oxygen atoms in total. The number of pyridine rings is 1. The van der Waals surface area contributed by atoms with Gasteiger partial charge in [-0.1, -0.05) is 17.7 Å². The Morgan fingerprint density at radius 2 is 2.38 bits per heavy atom. The summed E-state index contributed by atoms with van der Waals surface area (Å²) >= 11 is 7.33. The van der Waals surface area contributed by atoms with Gasteiger partial charge in [0.05, 0.1) is 5.04 Å². The Balaban J connectivity index is 2.69. The maximum absolute atomic E-state index is 5.67. The fourth-order valence-corrected chi connectivity index (χ4v) is 1.53. The van der Waals surface area contributed by atoms with Crippen LogP contribution in [-0.4, -0.2) is 23.3 Å². The normalized spacial score (nSPS) is 11.8. The summed E-state index contributed by atoms with van der Waals surface area (Å²) in [5.74, 6) is 0. The van der Waals surface area contributed by atoms with Crippen LogP contribution < -0.4 is 0 Å². The first-order valence-electron chi connectivity index (χ1n) is 3.86. The molecule has 0 atom stereocenters. The molecule has 0 fully saturated rings. The number of halogens is 1. The molecule has 0 amide bonds. The first-order chi connectivity index (χ1) is 6.26. The molecule has 0 N–H and O–H groups in total. The summed E-state index contributed by atoms with van der Waals surface area (Å²) in [6, 6.07) is 3.77. The fourth-order valence-electron chi connectivity index (χ4n) is 0.928. The number of thioether (sulfide) groups is 1. The highest BCUT2D eigenvalue weighted by Gasteiger charge is 1.99. The van der Waals surface area contributed by atoms with Crippen LogP contribution in [0.15, 0.2) is 23.3 Å². The molecule has 1 aromatic rings. The third-order valence-corrected chi connectivity index (χ3v) is 2.65. The van der Waals surface area contributed by atoms with E-state index in [-0.39, 0.29) is 0 Å². The van der Waals surface area contributed by atoms with Crippen LogP contribution in [0.25, 0.3) is 0 Å². The molecule has 0 unspecified atom stereocenters. The highest BCUT2D eigenvalue weighted by Crippen LogP contribution is 2.09. The lowest BCUT2D eigenvalue weighted by atomic mass is 10.2. The van der Waals surface area contributed by atoms with Gasteiger partial charge in [-0.25, -0.2) is 4.98 Å². The van der Waals surface area contributed by atoms with Gasteiger partial charge in [0.25, 0.3) is 0 Å². The van der Waals surface area contributed by atoms with Crippen LogP contribution in [-0.2, 0) is 6.42 Å². The Kier molecular flexibility index (Phi) is 4.25. The van der Waals surface area contributed by atoms with Crippen molar-refractivity contribution in [3.8, 4) is 0 Å². The SMILES string of the molecule is C/N=C(/Cc1ccc(Cl)nc1)SC. The molecule has 0 aromatic carbocycles. The Morgan fingerprint density at radius 3 is 2.85 bits per heavy atom. The predicted molar refractivity (Wildman–Crippen MR) is 59.8 cm³/mol. The first kappa shape index (κ1) is 10.5. The molecule has 0 radical (unpaired) electrons. The van der Waals surface area contributed by atoms with Gasteiger partial charge in [0, 0.05) is 19.7 Å². The molecule has 1 rings (SSSR count). The minimum atomic E-state index is 0.530. The lowest BCUT2D eigenvalue weighted by Crippen LogP contribution is -1.97. The zero-order chi connectivity index (χ0) is 9.68. The quantitative estimate of drug-likeness (QED) is 0.430. The zero-order valence-electron chi connectivity index (χ0n) is 7.62. The van der Waals surface area contributed by atoms with Gasteiger partial charge in [0.1, 0.15) is 5.15 Å². The van der Waals surface area contributed by atoms with Crippen molar-refractivity contribution in [2.75, 3.05) is 13.3 Å². The topological polar surface area (TPSA) is 25.2 Å². The van der Waals surface area contributed by atoms with Gasteiger partial charge < -0.3 is 0 Å². The summed E-state index contributed by atoms with van der Waals surface area (Å²) < 4.78 is 0. The average molecular weight is 215 g/mol. The van der Waals surface area contributed by atoms with Gasteiger partial charge >= 0.3 is 0 Å². The van der Waals surface area contributed by atoms with E-state index in [4.69, 9.17) is 11.6 Å². The second kappa shape index (κ2) is 5.25. The molecule has 0 saturated heterocycles. The summed E-state index contributed by atoms with van der Waals surface area (Å²) in [4.78, 5) is 8.15. The lowest BCUT2D eigenvalue weighted by Gasteiger charge is -2.01. The van der Waals surface area contributed by atoms with Gasteiger partial charge in [0.15, 0.2) is 0 Å². The van der Waals surface area contributed by atoms with Gasteiger partial charge in [0.2, 0.25) is 0 Å². The standard InChI is InChI=1S/C9H11ClN2S/c1-11-9(13-2)5-7-3-4-8(10)12-6-7/h3-4,6H,5H2,1-2H3/b11-9-. The average Bonchev–Trinajstić information content (AvgIpc) is 2.17. The first-order valence-corrected chi connectivity index (χ1v) is 5.46.